The molecule has 0 saturated heterocycles. The molecule has 0 fully saturated rings. The molecular formula is C15H14ClN3S2. The molecule has 4 rings (SSSR count). The maximum Gasteiger partial charge on any atom is 0.141 e. The van der Waals surface area contributed by atoms with Crippen LogP contribution in [0.4, 0.5) is 5.82 Å². The molecule has 1 aliphatic carbocycles. The predicted octanol–water partition coefficient (Wildman–Crippen LogP) is 4.53. The lowest BCUT2D eigenvalue weighted by atomic mass is 10.2. The maximum absolute atomic E-state index is 6.02. The first-order valence-corrected chi connectivity index (χ1v) is 8.94. The molecule has 21 heavy (non-hydrogen) atoms. The Balaban J connectivity index is 1.75. The van der Waals surface area contributed by atoms with Crippen molar-refractivity contribution in [3.05, 3.63) is 38.1 Å². The standard InChI is InChI=1S/C15H14ClN3S2/c1-19(7-9-5-6-12(16)20-9)14-13-10-3-2-4-11(10)21-15(13)18-8-17-14/h5-6,8H,2-4,7H2,1H3. The lowest BCUT2D eigenvalue weighted by Crippen LogP contribution is -2.17. The number of anilines is 1. The van der Waals surface area contributed by atoms with Gasteiger partial charge in [0.2, 0.25) is 0 Å². The Kier molecular flexibility index (Phi) is 3.36. The lowest BCUT2D eigenvalue weighted by Gasteiger charge is -2.18. The molecule has 0 amide bonds. The molecule has 0 unspecified atom stereocenters. The van der Waals surface area contributed by atoms with Gasteiger partial charge in [0.25, 0.3) is 0 Å². The zero-order chi connectivity index (χ0) is 14.4. The smallest absolute Gasteiger partial charge is 0.141 e. The molecular weight excluding hydrogens is 322 g/mol. The summed E-state index contributed by atoms with van der Waals surface area (Å²) in [5.74, 6) is 1.05. The molecule has 3 nitrogen and oxygen atoms in total. The van der Waals surface area contributed by atoms with Crippen LogP contribution in [-0.4, -0.2) is 17.0 Å². The zero-order valence-electron chi connectivity index (χ0n) is 11.6. The van der Waals surface area contributed by atoms with Gasteiger partial charge in [-0.15, -0.1) is 22.7 Å². The quantitative estimate of drug-likeness (QED) is 0.704. The highest BCUT2D eigenvalue weighted by Crippen LogP contribution is 2.40. The number of hydrogen-bond donors (Lipinski definition) is 0. The summed E-state index contributed by atoms with van der Waals surface area (Å²) in [4.78, 5) is 15.1. The highest BCUT2D eigenvalue weighted by Gasteiger charge is 2.22. The minimum absolute atomic E-state index is 0.827. The highest BCUT2D eigenvalue weighted by atomic mass is 35.5. The van der Waals surface area contributed by atoms with Gasteiger partial charge < -0.3 is 4.90 Å². The largest absolute Gasteiger partial charge is 0.354 e. The Bertz CT molecular complexity index is 808. The van der Waals surface area contributed by atoms with Gasteiger partial charge in [-0.05, 0) is 37.0 Å². The molecule has 0 aliphatic heterocycles. The summed E-state index contributed by atoms with van der Waals surface area (Å²) in [7, 11) is 2.09. The monoisotopic (exact) mass is 335 g/mol. The van der Waals surface area contributed by atoms with E-state index in [4.69, 9.17) is 11.6 Å². The second kappa shape index (κ2) is 5.23. The molecule has 3 aromatic rings. The minimum atomic E-state index is 0.827. The summed E-state index contributed by atoms with van der Waals surface area (Å²) in [6.45, 7) is 0.827. The van der Waals surface area contributed by atoms with E-state index in [2.05, 4.69) is 28.0 Å². The highest BCUT2D eigenvalue weighted by molar-refractivity contribution is 7.19. The first kappa shape index (κ1) is 13.5. The van der Waals surface area contributed by atoms with Gasteiger partial charge in [0.1, 0.15) is 17.0 Å². The van der Waals surface area contributed by atoms with Crippen LogP contribution >= 0.6 is 34.3 Å². The summed E-state index contributed by atoms with van der Waals surface area (Å²) in [6.07, 6.45) is 5.30. The number of hydrogen-bond acceptors (Lipinski definition) is 5. The number of aromatic nitrogens is 2. The van der Waals surface area contributed by atoms with E-state index in [0.29, 0.717) is 0 Å². The zero-order valence-corrected chi connectivity index (χ0v) is 14.0. The van der Waals surface area contributed by atoms with Crippen LogP contribution in [0.3, 0.4) is 0 Å². The summed E-state index contributed by atoms with van der Waals surface area (Å²) < 4.78 is 0.836. The van der Waals surface area contributed by atoms with Gasteiger partial charge in [-0.1, -0.05) is 11.6 Å². The molecule has 6 heteroatoms. The van der Waals surface area contributed by atoms with E-state index in [-0.39, 0.29) is 0 Å². The van der Waals surface area contributed by atoms with Gasteiger partial charge >= 0.3 is 0 Å². The molecule has 0 atom stereocenters. The van der Waals surface area contributed by atoms with Crippen molar-refractivity contribution in [3.63, 3.8) is 0 Å². The van der Waals surface area contributed by atoms with Gasteiger partial charge in [-0.3, -0.25) is 0 Å². The van der Waals surface area contributed by atoms with Gasteiger partial charge in [-0.2, -0.15) is 0 Å². The fraction of sp³-hybridized carbons (Fsp3) is 0.333. The van der Waals surface area contributed by atoms with Crippen molar-refractivity contribution in [1.82, 2.24) is 9.97 Å². The molecule has 1 aliphatic rings. The Morgan fingerprint density at radius 3 is 2.95 bits per heavy atom. The van der Waals surface area contributed by atoms with E-state index >= 15 is 0 Å². The molecule has 0 bridgehead atoms. The Morgan fingerprint density at radius 1 is 1.24 bits per heavy atom. The fourth-order valence-electron chi connectivity index (χ4n) is 2.95. The molecule has 3 heterocycles. The van der Waals surface area contributed by atoms with Gasteiger partial charge in [0.15, 0.2) is 0 Å². The van der Waals surface area contributed by atoms with Crippen molar-refractivity contribution >= 4 is 50.3 Å². The first-order valence-electron chi connectivity index (χ1n) is 6.93. The number of thiophene rings is 2. The molecule has 0 spiro atoms. The Hall–Kier alpha value is -1.17. The van der Waals surface area contributed by atoms with E-state index < -0.39 is 0 Å². The molecule has 0 aromatic carbocycles. The second-order valence-electron chi connectivity index (χ2n) is 5.30. The predicted molar refractivity (Wildman–Crippen MR) is 90.9 cm³/mol. The van der Waals surface area contributed by atoms with Crippen LogP contribution in [0.2, 0.25) is 4.34 Å². The van der Waals surface area contributed by atoms with E-state index in [1.165, 1.54) is 33.5 Å². The van der Waals surface area contributed by atoms with Crippen LogP contribution in [0, 0.1) is 0 Å². The third-order valence-corrected chi connectivity index (χ3v) is 6.28. The minimum Gasteiger partial charge on any atom is -0.354 e. The number of aryl methyl sites for hydroxylation is 2. The molecule has 3 aromatic heterocycles. The normalized spacial score (nSPS) is 13.8. The first-order chi connectivity index (χ1) is 10.2. The topological polar surface area (TPSA) is 29.0 Å². The molecule has 108 valence electrons. The van der Waals surface area contributed by atoms with Crippen molar-refractivity contribution in [3.8, 4) is 0 Å². The van der Waals surface area contributed by atoms with Crippen molar-refractivity contribution in [1.29, 1.82) is 0 Å². The van der Waals surface area contributed by atoms with Gasteiger partial charge in [0.05, 0.1) is 16.3 Å². The van der Waals surface area contributed by atoms with Crippen LogP contribution in [0.1, 0.15) is 21.7 Å². The second-order valence-corrected chi connectivity index (χ2v) is 8.18. The maximum atomic E-state index is 6.02. The fourth-order valence-corrected chi connectivity index (χ4v) is 5.31. The van der Waals surface area contributed by atoms with Crippen molar-refractivity contribution in [2.75, 3.05) is 11.9 Å². The number of nitrogens with zero attached hydrogens (tertiary/aromatic N) is 3. The summed E-state index contributed by atoms with van der Waals surface area (Å²) in [6, 6.07) is 4.03. The van der Waals surface area contributed by atoms with Crippen LogP contribution in [-0.2, 0) is 19.4 Å². The average molecular weight is 336 g/mol. The number of rotatable bonds is 3. The van der Waals surface area contributed by atoms with E-state index in [0.717, 1.165) is 28.0 Å². The average Bonchev–Trinajstić information content (AvgIpc) is 3.13. The van der Waals surface area contributed by atoms with Crippen LogP contribution in [0.5, 0.6) is 0 Å². The van der Waals surface area contributed by atoms with E-state index in [1.54, 1.807) is 17.7 Å². The summed E-state index contributed by atoms with van der Waals surface area (Å²) >= 11 is 9.48. The van der Waals surface area contributed by atoms with Gasteiger partial charge in [-0.25, -0.2) is 9.97 Å². The Labute approximate surface area is 136 Å². The number of halogens is 1. The third-order valence-electron chi connectivity index (χ3n) is 3.86. The van der Waals surface area contributed by atoms with E-state index in [1.807, 2.05) is 17.4 Å². The molecule has 0 saturated carbocycles. The molecule has 0 N–H and O–H groups in total. The van der Waals surface area contributed by atoms with Gasteiger partial charge in [0, 0.05) is 16.8 Å². The SMILES string of the molecule is CN(Cc1ccc(Cl)s1)c1ncnc2sc3c(c12)CCC3. The van der Waals surface area contributed by atoms with Crippen molar-refractivity contribution < 1.29 is 0 Å². The number of fused-ring (bicyclic) bond motifs is 3. The van der Waals surface area contributed by atoms with Crippen molar-refractivity contribution in [2.24, 2.45) is 0 Å². The van der Waals surface area contributed by atoms with E-state index in [9.17, 15) is 0 Å². The Morgan fingerprint density at radius 2 is 2.14 bits per heavy atom. The summed E-state index contributed by atoms with van der Waals surface area (Å²) in [5, 5.41) is 1.26. The lowest BCUT2D eigenvalue weighted by molar-refractivity contribution is 0.905. The van der Waals surface area contributed by atoms with Crippen LogP contribution < -0.4 is 4.90 Å². The molecule has 0 radical (unpaired) electrons. The third kappa shape index (κ3) is 2.33. The van der Waals surface area contributed by atoms with Crippen molar-refractivity contribution in [2.45, 2.75) is 25.8 Å². The van der Waals surface area contributed by atoms with Crippen LogP contribution in [0.15, 0.2) is 18.5 Å². The van der Waals surface area contributed by atoms with Crippen LogP contribution in [0.25, 0.3) is 10.2 Å². The summed E-state index contributed by atoms with van der Waals surface area (Å²) in [5.41, 5.74) is 1.47.